The fraction of sp³-hybridized carbons (Fsp3) is 0.500. The first-order chi connectivity index (χ1) is 9.29. The maximum Gasteiger partial charge on any atom is 0.270 e. The van der Waals surface area contributed by atoms with Crippen LogP contribution in [-0.4, -0.2) is 28.6 Å². The second-order valence-corrected chi connectivity index (χ2v) is 5.31. The molecular formula is C14H20N2O4. The molecule has 20 heavy (non-hydrogen) atoms. The molecule has 0 aromatic heterocycles. The van der Waals surface area contributed by atoms with Crippen molar-refractivity contribution in [3.8, 4) is 0 Å². The number of benzene rings is 1. The molecule has 1 atom stereocenters. The second kappa shape index (κ2) is 7.00. The van der Waals surface area contributed by atoms with Crippen molar-refractivity contribution in [3.63, 3.8) is 0 Å². The van der Waals surface area contributed by atoms with E-state index in [2.05, 4.69) is 5.32 Å². The van der Waals surface area contributed by atoms with Crippen LogP contribution in [0.15, 0.2) is 18.2 Å². The molecule has 1 aromatic rings. The molecule has 2 N–H and O–H groups in total. The van der Waals surface area contributed by atoms with Gasteiger partial charge in [-0.3, -0.25) is 14.9 Å². The van der Waals surface area contributed by atoms with Crippen molar-refractivity contribution >= 4 is 11.6 Å². The summed E-state index contributed by atoms with van der Waals surface area (Å²) in [6, 6.07) is 4.22. The number of nitrogens with one attached hydrogen (secondary N) is 1. The number of carbonyl (C=O) groups excluding carboxylic acids is 1. The summed E-state index contributed by atoms with van der Waals surface area (Å²) in [5.74, 6) is -0.0819. The Morgan fingerprint density at radius 1 is 1.40 bits per heavy atom. The number of carbonyl (C=O) groups is 1. The highest BCUT2D eigenvalue weighted by molar-refractivity contribution is 5.95. The lowest BCUT2D eigenvalue weighted by Gasteiger charge is -2.14. The molecule has 0 heterocycles. The highest BCUT2D eigenvalue weighted by atomic mass is 16.6. The maximum atomic E-state index is 11.9. The van der Waals surface area contributed by atoms with E-state index in [0.717, 1.165) is 0 Å². The van der Waals surface area contributed by atoms with Gasteiger partial charge in [-0.1, -0.05) is 13.8 Å². The summed E-state index contributed by atoms with van der Waals surface area (Å²) in [5, 5.41) is 23.0. The first-order valence-corrected chi connectivity index (χ1v) is 6.52. The number of aliphatic hydroxyl groups excluding tert-OH is 1. The molecule has 6 nitrogen and oxygen atoms in total. The summed E-state index contributed by atoms with van der Waals surface area (Å²) in [7, 11) is 0. The van der Waals surface area contributed by atoms with Crippen molar-refractivity contribution in [2.45, 2.75) is 33.3 Å². The lowest BCUT2D eigenvalue weighted by atomic mass is 10.1. The third-order valence-corrected chi connectivity index (χ3v) is 2.78. The zero-order valence-electron chi connectivity index (χ0n) is 11.9. The van der Waals surface area contributed by atoms with Crippen LogP contribution in [0.4, 0.5) is 5.69 Å². The third-order valence-electron chi connectivity index (χ3n) is 2.78. The van der Waals surface area contributed by atoms with Crippen LogP contribution in [0.2, 0.25) is 0 Å². The van der Waals surface area contributed by atoms with Crippen LogP contribution in [-0.2, 0) is 0 Å². The van der Waals surface area contributed by atoms with E-state index in [9.17, 15) is 20.0 Å². The van der Waals surface area contributed by atoms with E-state index in [-0.39, 0.29) is 17.8 Å². The molecule has 0 aliphatic rings. The summed E-state index contributed by atoms with van der Waals surface area (Å²) in [5.41, 5.74) is 0.762. The molecule has 0 radical (unpaired) electrons. The highest BCUT2D eigenvalue weighted by Gasteiger charge is 2.14. The number of aliphatic hydroxyl groups is 1. The van der Waals surface area contributed by atoms with Gasteiger partial charge in [0, 0.05) is 24.2 Å². The smallest absolute Gasteiger partial charge is 0.270 e. The van der Waals surface area contributed by atoms with E-state index in [4.69, 9.17) is 0 Å². The normalized spacial score (nSPS) is 12.2. The van der Waals surface area contributed by atoms with Crippen molar-refractivity contribution in [2.75, 3.05) is 6.54 Å². The van der Waals surface area contributed by atoms with Crippen molar-refractivity contribution in [3.05, 3.63) is 39.4 Å². The zero-order chi connectivity index (χ0) is 15.3. The predicted octanol–water partition coefficient (Wildman–Crippen LogP) is 2.04. The fourth-order valence-corrected chi connectivity index (χ4v) is 1.94. The van der Waals surface area contributed by atoms with Crippen LogP contribution in [0.3, 0.4) is 0 Å². The molecule has 1 unspecified atom stereocenters. The van der Waals surface area contributed by atoms with E-state index in [1.165, 1.54) is 12.1 Å². The van der Waals surface area contributed by atoms with Crippen LogP contribution in [0.25, 0.3) is 0 Å². The molecule has 6 heteroatoms. The average Bonchev–Trinajstić information content (AvgIpc) is 2.34. The summed E-state index contributed by atoms with van der Waals surface area (Å²) < 4.78 is 0. The standard InChI is InChI=1S/C14H20N2O4/c1-9(2)4-13(17)8-15-14(18)11-5-10(3)6-12(7-11)16(19)20/h5-7,9,13,17H,4,8H2,1-3H3,(H,15,18). The van der Waals surface area contributed by atoms with Crippen molar-refractivity contribution in [1.29, 1.82) is 0 Å². The Morgan fingerprint density at radius 3 is 2.60 bits per heavy atom. The van der Waals surface area contributed by atoms with Gasteiger partial charge < -0.3 is 10.4 Å². The summed E-state index contributed by atoms with van der Waals surface area (Å²) in [6.45, 7) is 5.79. The molecular weight excluding hydrogens is 260 g/mol. The molecule has 0 saturated heterocycles. The van der Waals surface area contributed by atoms with Crippen LogP contribution in [0.5, 0.6) is 0 Å². The van der Waals surface area contributed by atoms with Gasteiger partial charge in [0.25, 0.3) is 11.6 Å². The first-order valence-electron chi connectivity index (χ1n) is 6.52. The Labute approximate surface area is 118 Å². The Kier molecular flexibility index (Phi) is 5.64. The van der Waals surface area contributed by atoms with E-state index in [0.29, 0.717) is 17.9 Å². The van der Waals surface area contributed by atoms with Gasteiger partial charge in [0.2, 0.25) is 0 Å². The first kappa shape index (κ1) is 16.1. The molecule has 0 bridgehead atoms. The monoisotopic (exact) mass is 280 g/mol. The molecule has 0 aliphatic carbocycles. The van der Waals surface area contributed by atoms with Gasteiger partial charge in [0.05, 0.1) is 11.0 Å². The maximum absolute atomic E-state index is 11.9. The van der Waals surface area contributed by atoms with Crippen molar-refractivity contribution in [1.82, 2.24) is 5.32 Å². The van der Waals surface area contributed by atoms with Gasteiger partial charge in [-0.2, -0.15) is 0 Å². The van der Waals surface area contributed by atoms with Gasteiger partial charge in [-0.05, 0) is 30.9 Å². The Hall–Kier alpha value is -1.95. The van der Waals surface area contributed by atoms with Crippen LogP contribution in [0.1, 0.15) is 36.2 Å². The minimum absolute atomic E-state index is 0.113. The molecule has 0 spiro atoms. The second-order valence-electron chi connectivity index (χ2n) is 5.31. The molecule has 110 valence electrons. The number of rotatable bonds is 6. The van der Waals surface area contributed by atoms with Crippen molar-refractivity contribution in [2.24, 2.45) is 5.92 Å². The van der Waals surface area contributed by atoms with Gasteiger partial charge in [-0.15, -0.1) is 0 Å². The van der Waals surface area contributed by atoms with Crippen LogP contribution >= 0.6 is 0 Å². The van der Waals surface area contributed by atoms with E-state index < -0.39 is 16.9 Å². The summed E-state index contributed by atoms with van der Waals surface area (Å²) in [6.07, 6.45) is -0.0208. The fourth-order valence-electron chi connectivity index (χ4n) is 1.94. The predicted molar refractivity (Wildman–Crippen MR) is 75.6 cm³/mol. The topological polar surface area (TPSA) is 92.5 Å². The lowest BCUT2D eigenvalue weighted by Crippen LogP contribution is -2.32. The minimum atomic E-state index is -0.612. The highest BCUT2D eigenvalue weighted by Crippen LogP contribution is 2.16. The number of non-ortho nitro benzene ring substituents is 1. The SMILES string of the molecule is Cc1cc(C(=O)NCC(O)CC(C)C)cc([N+](=O)[O-])c1. The third kappa shape index (κ3) is 4.97. The molecule has 1 rings (SSSR count). The molecule has 0 aliphatic heterocycles. The number of nitrogens with zero attached hydrogens (tertiary/aromatic N) is 1. The molecule has 1 amide bonds. The van der Waals surface area contributed by atoms with Gasteiger partial charge >= 0.3 is 0 Å². The number of hydrogen-bond acceptors (Lipinski definition) is 4. The van der Waals surface area contributed by atoms with Gasteiger partial charge in [-0.25, -0.2) is 0 Å². The Morgan fingerprint density at radius 2 is 2.05 bits per heavy atom. The van der Waals surface area contributed by atoms with E-state index in [1.807, 2.05) is 13.8 Å². The summed E-state index contributed by atoms with van der Waals surface area (Å²) >= 11 is 0. The van der Waals surface area contributed by atoms with Crippen LogP contribution < -0.4 is 5.32 Å². The van der Waals surface area contributed by atoms with E-state index >= 15 is 0 Å². The Bertz CT molecular complexity index is 500. The average molecular weight is 280 g/mol. The van der Waals surface area contributed by atoms with Gasteiger partial charge in [0.1, 0.15) is 0 Å². The number of amides is 1. The summed E-state index contributed by atoms with van der Waals surface area (Å²) in [4.78, 5) is 22.1. The molecule has 0 fully saturated rings. The number of nitro benzene ring substituents is 1. The zero-order valence-corrected chi connectivity index (χ0v) is 11.9. The largest absolute Gasteiger partial charge is 0.391 e. The van der Waals surface area contributed by atoms with E-state index in [1.54, 1.807) is 13.0 Å². The number of aryl methyl sites for hydroxylation is 1. The van der Waals surface area contributed by atoms with Crippen LogP contribution in [0, 0.1) is 23.0 Å². The molecule has 0 saturated carbocycles. The Balaban J connectivity index is 2.70. The number of hydrogen-bond donors (Lipinski definition) is 2. The van der Waals surface area contributed by atoms with Crippen molar-refractivity contribution < 1.29 is 14.8 Å². The van der Waals surface area contributed by atoms with Gasteiger partial charge in [0.15, 0.2) is 0 Å². The minimum Gasteiger partial charge on any atom is -0.391 e. The number of nitro groups is 1. The molecule has 1 aromatic carbocycles. The quantitative estimate of drug-likeness (QED) is 0.616. The lowest BCUT2D eigenvalue weighted by molar-refractivity contribution is -0.384.